The van der Waals surface area contributed by atoms with E-state index in [4.69, 9.17) is 13.9 Å². The van der Waals surface area contributed by atoms with E-state index in [0.29, 0.717) is 34.0 Å². The lowest BCUT2D eigenvalue weighted by Crippen LogP contribution is -2.26. The normalized spacial score (nSPS) is 10.5. The summed E-state index contributed by atoms with van der Waals surface area (Å²) in [7, 11) is 4.91. The number of methoxy groups -OCH3 is 2. The zero-order chi connectivity index (χ0) is 22.5. The summed E-state index contributed by atoms with van der Waals surface area (Å²) in [5.74, 6) is 0.954. The lowest BCUT2D eigenvalue weighted by atomic mass is 10.1. The maximum absolute atomic E-state index is 12.9. The van der Waals surface area contributed by atoms with Crippen LogP contribution in [0.3, 0.4) is 0 Å². The number of ether oxygens (including phenoxy) is 2. The molecule has 1 heterocycles. The number of furan rings is 1. The van der Waals surface area contributed by atoms with Crippen LogP contribution in [0.2, 0.25) is 0 Å². The van der Waals surface area contributed by atoms with Gasteiger partial charge in [0.25, 0.3) is 11.8 Å². The Morgan fingerprint density at radius 2 is 1.68 bits per heavy atom. The molecule has 1 N–H and O–H groups in total. The summed E-state index contributed by atoms with van der Waals surface area (Å²) in [6, 6.07) is 13.7. The highest BCUT2D eigenvalue weighted by Crippen LogP contribution is 2.31. The van der Waals surface area contributed by atoms with E-state index in [-0.39, 0.29) is 17.6 Å². The SMILES string of the molecule is COc1cc(C)c(CN(C)C(=O)c2ccc(NC(=O)c3ccc(Br)o3)cc2)cc1OC. The number of nitrogens with one attached hydrogen (secondary N) is 1. The Balaban J connectivity index is 1.68. The zero-order valence-corrected chi connectivity index (χ0v) is 19.3. The summed E-state index contributed by atoms with van der Waals surface area (Å²) in [6.07, 6.45) is 0. The number of rotatable bonds is 7. The van der Waals surface area contributed by atoms with Gasteiger partial charge in [0.1, 0.15) is 0 Å². The molecule has 0 bridgehead atoms. The Kier molecular flexibility index (Phi) is 7.02. The molecule has 31 heavy (non-hydrogen) atoms. The quantitative estimate of drug-likeness (QED) is 0.513. The third-order valence-electron chi connectivity index (χ3n) is 4.78. The second kappa shape index (κ2) is 9.70. The monoisotopic (exact) mass is 486 g/mol. The minimum absolute atomic E-state index is 0.137. The van der Waals surface area contributed by atoms with Crippen LogP contribution in [-0.4, -0.2) is 38.0 Å². The molecule has 0 saturated carbocycles. The van der Waals surface area contributed by atoms with Gasteiger partial charge in [0.2, 0.25) is 0 Å². The number of carbonyl (C=O) groups excluding carboxylic acids is 2. The van der Waals surface area contributed by atoms with E-state index in [1.165, 1.54) is 0 Å². The Morgan fingerprint density at radius 1 is 1.03 bits per heavy atom. The molecule has 1 aromatic heterocycles. The van der Waals surface area contributed by atoms with E-state index in [1.807, 2.05) is 19.1 Å². The predicted octanol–water partition coefficient (Wildman–Crippen LogP) is 4.89. The molecule has 0 fully saturated rings. The van der Waals surface area contributed by atoms with Crippen molar-refractivity contribution in [3.05, 3.63) is 75.7 Å². The maximum atomic E-state index is 12.9. The molecular formula is C23H23BrN2O5. The summed E-state index contributed by atoms with van der Waals surface area (Å²) in [5.41, 5.74) is 3.04. The third-order valence-corrected chi connectivity index (χ3v) is 5.21. The van der Waals surface area contributed by atoms with Gasteiger partial charge in [0.15, 0.2) is 21.9 Å². The molecule has 0 aliphatic carbocycles. The van der Waals surface area contributed by atoms with Crippen molar-refractivity contribution in [1.29, 1.82) is 0 Å². The summed E-state index contributed by atoms with van der Waals surface area (Å²) in [4.78, 5) is 26.7. The van der Waals surface area contributed by atoms with Crippen LogP contribution in [0.4, 0.5) is 5.69 Å². The van der Waals surface area contributed by atoms with Crippen molar-refractivity contribution in [3.8, 4) is 11.5 Å². The van der Waals surface area contributed by atoms with E-state index < -0.39 is 0 Å². The Hall–Kier alpha value is -3.26. The average molecular weight is 487 g/mol. The largest absolute Gasteiger partial charge is 0.493 e. The van der Waals surface area contributed by atoms with Crippen LogP contribution < -0.4 is 14.8 Å². The Labute approximate surface area is 189 Å². The minimum Gasteiger partial charge on any atom is -0.493 e. The molecule has 0 radical (unpaired) electrons. The molecule has 0 unspecified atom stereocenters. The first-order valence-corrected chi connectivity index (χ1v) is 10.3. The molecule has 0 saturated heterocycles. The van der Waals surface area contributed by atoms with Crippen LogP contribution in [0.1, 0.15) is 32.0 Å². The predicted molar refractivity (Wildman–Crippen MR) is 121 cm³/mol. The van der Waals surface area contributed by atoms with E-state index in [2.05, 4.69) is 21.2 Å². The van der Waals surface area contributed by atoms with Gasteiger partial charge in [0.05, 0.1) is 14.2 Å². The first kappa shape index (κ1) is 22.4. The van der Waals surface area contributed by atoms with E-state index in [9.17, 15) is 9.59 Å². The van der Waals surface area contributed by atoms with E-state index in [1.54, 1.807) is 62.6 Å². The molecule has 3 rings (SSSR count). The van der Waals surface area contributed by atoms with Crippen molar-refractivity contribution in [2.45, 2.75) is 13.5 Å². The summed E-state index contributed by atoms with van der Waals surface area (Å²) in [5, 5.41) is 2.73. The standard InChI is InChI=1S/C23H23BrN2O5/c1-14-11-19(29-3)20(30-4)12-16(14)13-26(2)23(28)15-5-7-17(8-6-15)25-22(27)18-9-10-21(24)31-18/h5-12H,13H2,1-4H3,(H,25,27). The number of nitrogens with zero attached hydrogens (tertiary/aromatic N) is 1. The number of hydrogen-bond acceptors (Lipinski definition) is 5. The van der Waals surface area contributed by atoms with Crippen molar-refractivity contribution in [2.75, 3.05) is 26.6 Å². The fourth-order valence-electron chi connectivity index (χ4n) is 3.07. The lowest BCUT2D eigenvalue weighted by molar-refractivity contribution is 0.0784. The van der Waals surface area contributed by atoms with Crippen LogP contribution in [0.25, 0.3) is 0 Å². The first-order chi connectivity index (χ1) is 14.8. The molecule has 8 heteroatoms. The van der Waals surface area contributed by atoms with Gasteiger partial charge in [-0.3, -0.25) is 9.59 Å². The van der Waals surface area contributed by atoms with Crippen molar-refractivity contribution < 1.29 is 23.5 Å². The fraction of sp³-hybridized carbons (Fsp3) is 0.217. The fourth-order valence-corrected chi connectivity index (χ4v) is 3.37. The molecule has 7 nitrogen and oxygen atoms in total. The Morgan fingerprint density at radius 3 is 2.26 bits per heavy atom. The molecule has 0 atom stereocenters. The van der Waals surface area contributed by atoms with E-state index >= 15 is 0 Å². The van der Waals surface area contributed by atoms with Gasteiger partial charge in [-0.1, -0.05) is 0 Å². The molecule has 3 aromatic rings. The van der Waals surface area contributed by atoms with Crippen LogP contribution in [-0.2, 0) is 6.54 Å². The number of hydrogen-bond donors (Lipinski definition) is 1. The summed E-state index contributed by atoms with van der Waals surface area (Å²) in [6.45, 7) is 2.38. The number of amides is 2. The van der Waals surface area contributed by atoms with Crippen LogP contribution in [0.5, 0.6) is 11.5 Å². The lowest BCUT2D eigenvalue weighted by Gasteiger charge is -2.20. The topological polar surface area (TPSA) is 81.0 Å². The van der Waals surface area contributed by atoms with Gasteiger partial charge in [-0.15, -0.1) is 0 Å². The molecule has 0 spiro atoms. The van der Waals surface area contributed by atoms with Crippen molar-refractivity contribution in [2.24, 2.45) is 0 Å². The van der Waals surface area contributed by atoms with Crippen molar-refractivity contribution in [1.82, 2.24) is 4.90 Å². The second-order valence-electron chi connectivity index (χ2n) is 6.93. The van der Waals surface area contributed by atoms with Crippen molar-refractivity contribution in [3.63, 3.8) is 0 Å². The summed E-state index contributed by atoms with van der Waals surface area (Å²) < 4.78 is 16.4. The zero-order valence-electron chi connectivity index (χ0n) is 17.7. The van der Waals surface area contributed by atoms with Crippen molar-refractivity contribution >= 4 is 33.4 Å². The number of anilines is 1. The molecule has 162 valence electrons. The van der Waals surface area contributed by atoms with Gasteiger partial charge < -0.3 is 24.1 Å². The molecular weight excluding hydrogens is 464 g/mol. The van der Waals surface area contributed by atoms with Gasteiger partial charge in [-0.05, 0) is 82.5 Å². The molecule has 0 aliphatic rings. The smallest absolute Gasteiger partial charge is 0.291 e. The maximum Gasteiger partial charge on any atom is 0.291 e. The molecule has 0 aliphatic heterocycles. The number of benzene rings is 2. The number of halogens is 1. The van der Waals surface area contributed by atoms with Gasteiger partial charge in [-0.25, -0.2) is 0 Å². The van der Waals surface area contributed by atoms with Gasteiger partial charge in [0, 0.05) is 24.8 Å². The highest BCUT2D eigenvalue weighted by atomic mass is 79.9. The molecule has 2 aromatic carbocycles. The van der Waals surface area contributed by atoms with Gasteiger partial charge >= 0.3 is 0 Å². The van der Waals surface area contributed by atoms with Crippen LogP contribution in [0, 0.1) is 6.92 Å². The minimum atomic E-state index is -0.370. The third kappa shape index (κ3) is 5.27. The second-order valence-corrected chi connectivity index (χ2v) is 7.71. The van der Waals surface area contributed by atoms with Gasteiger partial charge in [-0.2, -0.15) is 0 Å². The molecule has 2 amide bonds. The first-order valence-electron chi connectivity index (χ1n) is 9.46. The highest BCUT2D eigenvalue weighted by molar-refractivity contribution is 9.10. The summed E-state index contributed by atoms with van der Waals surface area (Å²) >= 11 is 3.17. The number of carbonyl (C=O) groups is 2. The van der Waals surface area contributed by atoms with Crippen LogP contribution in [0.15, 0.2) is 57.6 Å². The average Bonchev–Trinajstić information content (AvgIpc) is 3.21. The van der Waals surface area contributed by atoms with E-state index in [0.717, 1.165) is 11.1 Å². The Bertz CT molecular complexity index is 1090. The number of aryl methyl sites for hydroxylation is 1. The van der Waals surface area contributed by atoms with Crippen LogP contribution >= 0.6 is 15.9 Å². The highest BCUT2D eigenvalue weighted by Gasteiger charge is 2.16.